The Morgan fingerprint density at radius 1 is 0.906 bits per heavy atom. The molecule has 0 spiro atoms. The summed E-state index contributed by atoms with van der Waals surface area (Å²) in [7, 11) is -7.95. The van der Waals surface area contributed by atoms with Crippen LogP contribution in [-0.2, 0) is 32.9 Å². The standard InChI is InChI=1S/C35H63N4O11PS2/c1-4-6-8-10-11-12-13-14-16-18-23-53(44,45)29(20-17-15-9-7-5-2)27(3)46-21-19-22-47-51(42,43)48-24-28-31(40)32(41)35(49-28)50-39-26-38-30-33(39)36-25-37-34(30)52/h25-29,31-32,35,40-41H,4-24H2,1-3H3,(H,42,43)(H,36,37,52)/t27?,28-,29?,31-,32-,35+/m1/s1. The zero-order chi connectivity index (χ0) is 38.7. The maximum absolute atomic E-state index is 13.5. The van der Waals surface area contributed by atoms with Crippen LogP contribution >= 0.6 is 20.0 Å². The normalized spacial score (nSPS) is 21.5. The van der Waals surface area contributed by atoms with Gasteiger partial charge in [-0.25, -0.2) is 23.0 Å². The number of phosphoric acid groups is 1. The van der Waals surface area contributed by atoms with E-state index in [1.807, 2.05) is 0 Å². The first-order valence-corrected chi connectivity index (χ1v) is 23.1. The average Bonchev–Trinajstić information content (AvgIpc) is 3.66. The molecule has 1 fully saturated rings. The third kappa shape index (κ3) is 15.9. The van der Waals surface area contributed by atoms with E-state index in [0.29, 0.717) is 24.0 Å². The van der Waals surface area contributed by atoms with Gasteiger partial charge in [0.05, 0.1) is 36.6 Å². The predicted octanol–water partition coefficient (Wildman–Crippen LogP) is 6.36. The number of hydrogen-bond donors (Lipinski definition) is 4. The van der Waals surface area contributed by atoms with Gasteiger partial charge in [0.25, 0.3) is 6.29 Å². The molecular formula is C35H63N4O11PS2. The van der Waals surface area contributed by atoms with Gasteiger partial charge in [-0.05, 0) is 26.2 Å². The number of rotatable bonds is 30. The summed E-state index contributed by atoms with van der Waals surface area (Å²) >= 11 is 5.13. The van der Waals surface area contributed by atoms with Crippen molar-refractivity contribution in [3.63, 3.8) is 0 Å². The van der Waals surface area contributed by atoms with Crippen LogP contribution in [0.3, 0.4) is 0 Å². The van der Waals surface area contributed by atoms with Crippen LogP contribution in [0.4, 0.5) is 0 Å². The highest BCUT2D eigenvalue weighted by Crippen LogP contribution is 2.44. The van der Waals surface area contributed by atoms with Crippen molar-refractivity contribution in [3.8, 4) is 0 Å². The maximum Gasteiger partial charge on any atom is 0.472 e. The Morgan fingerprint density at radius 3 is 2.19 bits per heavy atom. The van der Waals surface area contributed by atoms with Crippen molar-refractivity contribution in [1.82, 2.24) is 19.7 Å². The molecule has 4 N–H and O–H groups in total. The summed E-state index contributed by atoms with van der Waals surface area (Å²) in [5.41, 5.74) is 0.710. The minimum absolute atomic E-state index is 0.125. The Bertz CT molecular complexity index is 1530. The van der Waals surface area contributed by atoms with E-state index < -0.39 is 60.2 Å². The number of hydrogen-bond acceptors (Lipinski definition) is 13. The van der Waals surface area contributed by atoms with Crippen molar-refractivity contribution in [2.75, 3.05) is 25.6 Å². The van der Waals surface area contributed by atoms with Gasteiger partial charge in [-0.2, -0.15) is 4.73 Å². The van der Waals surface area contributed by atoms with Gasteiger partial charge in [0.15, 0.2) is 20.1 Å². The largest absolute Gasteiger partial charge is 0.472 e. The minimum atomic E-state index is -4.57. The molecule has 53 heavy (non-hydrogen) atoms. The fourth-order valence-corrected chi connectivity index (χ4v) is 9.45. The zero-order valence-electron chi connectivity index (χ0n) is 31.7. The van der Waals surface area contributed by atoms with Gasteiger partial charge in [0.1, 0.15) is 30.2 Å². The van der Waals surface area contributed by atoms with Gasteiger partial charge in [-0.3, -0.25) is 9.05 Å². The molecule has 0 radical (unpaired) electrons. The third-order valence-electron chi connectivity index (χ3n) is 9.54. The molecule has 18 heteroatoms. The maximum atomic E-state index is 13.5. The first-order valence-electron chi connectivity index (χ1n) is 19.4. The minimum Gasteiger partial charge on any atom is -0.387 e. The molecule has 7 atom stereocenters. The van der Waals surface area contributed by atoms with E-state index in [-0.39, 0.29) is 30.0 Å². The van der Waals surface area contributed by atoms with Crippen molar-refractivity contribution >= 4 is 41.0 Å². The van der Waals surface area contributed by atoms with E-state index in [1.54, 1.807) is 6.92 Å². The highest BCUT2D eigenvalue weighted by molar-refractivity contribution is 7.92. The van der Waals surface area contributed by atoms with Crippen molar-refractivity contribution < 1.29 is 51.4 Å². The molecule has 3 unspecified atom stereocenters. The Labute approximate surface area is 320 Å². The molecule has 15 nitrogen and oxygen atoms in total. The van der Waals surface area contributed by atoms with Crippen molar-refractivity contribution in [3.05, 3.63) is 17.3 Å². The summed E-state index contributed by atoms with van der Waals surface area (Å²) < 4.78 is 62.6. The van der Waals surface area contributed by atoms with Crippen molar-refractivity contribution in [2.45, 2.75) is 166 Å². The second-order valence-electron chi connectivity index (χ2n) is 13.9. The van der Waals surface area contributed by atoms with Gasteiger partial charge in [-0.1, -0.05) is 116 Å². The third-order valence-corrected chi connectivity index (χ3v) is 13.2. The van der Waals surface area contributed by atoms with Gasteiger partial charge < -0.3 is 34.4 Å². The lowest BCUT2D eigenvalue weighted by Crippen LogP contribution is -2.38. The van der Waals surface area contributed by atoms with E-state index >= 15 is 0 Å². The number of nitrogens with zero attached hydrogens (tertiary/aromatic N) is 3. The fourth-order valence-electron chi connectivity index (χ4n) is 6.38. The molecular weight excluding hydrogens is 748 g/mol. The first kappa shape index (κ1) is 45.9. The van der Waals surface area contributed by atoms with Gasteiger partial charge >= 0.3 is 7.82 Å². The number of aliphatic hydroxyl groups excluding tert-OH is 2. The quantitative estimate of drug-likeness (QED) is 0.0385. The number of unbranched alkanes of at least 4 members (excludes halogenated alkanes) is 13. The molecule has 3 heterocycles. The van der Waals surface area contributed by atoms with E-state index in [4.69, 9.17) is 35.6 Å². The van der Waals surface area contributed by atoms with Crippen LogP contribution in [0.25, 0.3) is 11.2 Å². The smallest absolute Gasteiger partial charge is 0.387 e. The summed E-state index contributed by atoms with van der Waals surface area (Å²) in [4.78, 5) is 26.7. The summed E-state index contributed by atoms with van der Waals surface area (Å²) in [5, 5.41) is 20.3. The van der Waals surface area contributed by atoms with Crippen molar-refractivity contribution in [1.29, 1.82) is 0 Å². The molecule has 306 valence electrons. The molecule has 2 aromatic rings. The van der Waals surface area contributed by atoms with Crippen molar-refractivity contribution in [2.24, 2.45) is 0 Å². The number of aromatic nitrogens is 4. The lowest BCUT2D eigenvalue weighted by molar-refractivity contribution is -0.168. The van der Waals surface area contributed by atoms with Crippen LogP contribution in [0.2, 0.25) is 0 Å². The number of H-pyrrole nitrogens is 1. The zero-order valence-corrected chi connectivity index (χ0v) is 34.2. The second kappa shape index (κ2) is 24.2. The highest BCUT2D eigenvalue weighted by Gasteiger charge is 2.46. The Kier molecular flexibility index (Phi) is 20.9. The van der Waals surface area contributed by atoms with Crippen LogP contribution in [0.1, 0.15) is 130 Å². The predicted molar refractivity (Wildman–Crippen MR) is 205 cm³/mol. The molecule has 0 amide bonds. The molecule has 1 saturated heterocycles. The number of nitrogens with one attached hydrogen (secondary N) is 1. The number of aromatic amines is 1. The molecule has 1 aliphatic rings. The molecule has 3 rings (SSSR count). The topological polar surface area (TPSA) is 205 Å². The van der Waals surface area contributed by atoms with E-state index in [9.17, 15) is 28.1 Å². The molecule has 0 aliphatic carbocycles. The Morgan fingerprint density at radius 2 is 1.53 bits per heavy atom. The van der Waals surface area contributed by atoms with E-state index in [1.165, 1.54) is 55.9 Å². The SMILES string of the molecule is CCCCCCCCCCCCS(=O)(=O)C(CCCCCCC)C(C)OCCCOP(=O)(O)OC[C@H]1O[C@@H](On2cnc3c(=S)nc[nH]c32)[C@H](O)[C@@H]1O. The van der Waals surface area contributed by atoms with Crippen LogP contribution in [0.5, 0.6) is 0 Å². The first-order chi connectivity index (χ1) is 25.4. The number of fused-ring (bicyclic) bond motifs is 1. The summed E-state index contributed by atoms with van der Waals surface area (Å²) in [6.45, 7) is 5.50. The second-order valence-corrected chi connectivity index (χ2v) is 18.1. The van der Waals surface area contributed by atoms with Crippen LogP contribution < -0.4 is 4.84 Å². The van der Waals surface area contributed by atoms with Crippen LogP contribution in [0, 0.1) is 4.64 Å². The lowest BCUT2D eigenvalue weighted by Gasteiger charge is -2.25. The Balaban J connectivity index is 1.39. The molecule has 0 saturated carbocycles. The van der Waals surface area contributed by atoms with Crippen LogP contribution in [-0.4, -0.2) is 105 Å². The molecule has 0 bridgehead atoms. The number of imidazole rings is 1. The molecule has 0 aromatic carbocycles. The lowest BCUT2D eigenvalue weighted by atomic mass is 10.1. The molecule has 1 aliphatic heterocycles. The number of sulfone groups is 1. The summed E-state index contributed by atoms with van der Waals surface area (Å²) in [6, 6.07) is 0. The van der Waals surface area contributed by atoms with Gasteiger partial charge in [-0.15, -0.1) is 0 Å². The number of aliphatic hydroxyl groups is 2. The monoisotopic (exact) mass is 810 g/mol. The van der Waals surface area contributed by atoms with Gasteiger partial charge in [0, 0.05) is 6.61 Å². The van der Waals surface area contributed by atoms with E-state index in [2.05, 4.69) is 28.8 Å². The number of phosphoric ester groups is 1. The average molecular weight is 811 g/mol. The van der Waals surface area contributed by atoms with E-state index in [0.717, 1.165) is 51.4 Å². The molecule has 2 aromatic heterocycles. The summed E-state index contributed by atoms with van der Waals surface area (Å²) in [5.74, 6) is 0.154. The van der Waals surface area contributed by atoms with Gasteiger partial charge in [0.2, 0.25) is 0 Å². The highest BCUT2D eigenvalue weighted by atomic mass is 32.2. The number of ether oxygens (including phenoxy) is 2. The summed E-state index contributed by atoms with van der Waals surface area (Å²) in [6.07, 6.45) is 13.8. The fraction of sp³-hybridized carbons (Fsp3) is 0.857. The van der Waals surface area contributed by atoms with Crippen LogP contribution in [0.15, 0.2) is 12.7 Å². The Hall–Kier alpha value is -1.53.